The largest absolute Gasteiger partial charge is 0.353 e. The van der Waals surface area contributed by atoms with Crippen molar-refractivity contribution in [3.05, 3.63) is 43.0 Å². The van der Waals surface area contributed by atoms with Crippen molar-refractivity contribution < 1.29 is 9.59 Å². The summed E-state index contributed by atoms with van der Waals surface area (Å²) in [5.41, 5.74) is 0.813. The number of hydrogen-bond acceptors (Lipinski definition) is 4. The smallest absolute Gasteiger partial charge is 0.240 e. The van der Waals surface area contributed by atoms with Gasteiger partial charge < -0.3 is 14.8 Å². The third-order valence-corrected chi connectivity index (χ3v) is 4.41. The molecular weight excluding hydrogens is 300 g/mol. The Morgan fingerprint density at radius 1 is 1.36 bits per heavy atom. The van der Waals surface area contributed by atoms with E-state index in [1.807, 2.05) is 35.0 Å². The predicted octanol–water partition coefficient (Wildman–Crippen LogP) is 1.14. The Morgan fingerprint density at radius 2 is 2.23 bits per heavy atom. The van der Waals surface area contributed by atoms with Crippen LogP contribution in [0.25, 0.3) is 0 Å². The van der Waals surface area contributed by atoms with Crippen LogP contribution in [0.5, 0.6) is 0 Å². The summed E-state index contributed by atoms with van der Waals surface area (Å²) in [5.74, 6) is 0.183. The van der Waals surface area contributed by atoms with Crippen molar-refractivity contribution >= 4 is 29.3 Å². The molecule has 0 saturated heterocycles. The number of para-hydroxylation sites is 1. The molecule has 114 valence electrons. The number of hydrogen-bond donors (Lipinski definition) is 1. The number of anilines is 1. The van der Waals surface area contributed by atoms with Crippen LogP contribution in [0.4, 0.5) is 5.69 Å². The number of amides is 2. The van der Waals surface area contributed by atoms with Crippen molar-refractivity contribution in [3.8, 4) is 0 Å². The lowest BCUT2D eigenvalue weighted by atomic mass is 10.2. The van der Waals surface area contributed by atoms with Crippen LogP contribution in [0.2, 0.25) is 0 Å². The quantitative estimate of drug-likeness (QED) is 0.898. The lowest BCUT2D eigenvalue weighted by Crippen LogP contribution is -2.43. The van der Waals surface area contributed by atoms with Gasteiger partial charge in [-0.3, -0.25) is 9.59 Å². The van der Waals surface area contributed by atoms with Crippen LogP contribution in [0.3, 0.4) is 0 Å². The van der Waals surface area contributed by atoms with Gasteiger partial charge in [0.15, 0.2) is 0 Å². The van der Waals surface area contributed by atoms with Crippen molar-refractivity contribution in [2.75, 3.05) is 23.7 Å². The molecule has 1 aliphatic rings. The number of rotatable bonds is 5. The van der Waals surface area contributed by atoms with E-state index in [1.54, 1.807) is 17.4 Å². The van der Waals surface area contributed by atoms with Gasteiger partial charge in [-0.25, -0.2) is 4.98 Å². The van der Waals surface area contributed by atoms with E-state index in [-0.39, 0.29) is 18.4 Å². The monoisotopic (exact) mass is 316 g/mol. The summed E-state index contributed by atoms with van der Waals surface area (Å²) in [4.78, 5) is 30.7. The molecule has 0 unspecified atom stereocenters. The molecule has 3 rings (SSSR count). The van der Waals surface area contributed by atoms with E-state index in [2.05, 4.69) is 10.3 Å². The lowest BCUT2D eigenvalue weighted by Gasteiger charge is -2.28. The highest BCUT2D eigenvalue weighted by molar-refractivity contribution is 8.00. The number of imidazole rings is 1. The van der Waals surface area contributed by atoms with Gasteiger partial charge in [-0.05, 0) is 12.1 Å². The molecule has 6 nitrogen and oxygen atoms in total. The van der Waals surface area contributed by atoms with E-state index >= 15 is 0 Å². The van der Waals surface area contributed by atoms with Gasteiger partial charge in [0.1, 0.15) is 6.54 Å². The van der Waals surface area contributed by atoms with E-state index in [0.717, 1.165) is 10.6 Å². The Balaban J connectivity index is 1.58. The summed E-state index contributed by atoms with van der Waals surface area (Å²) in [7, 11) is 0. The number of fused-ring (bicyclic) bond motifs is 1. The molecule has 1 aliphatic heterocycles. The summed E-state index contributed by atoms with van der Waals surface area (Å²) in [6.45, 7) is 1.22. The molecule has 0 bridgehead atoms. The number of nitrogens with zero attached hydrogens (tertiary/aromatic N) is 3. The van der Waals surface area contributed by atoms with Gasteiger partial charge in [0.25, 0.3) is 0 Å². The summed E-state index contributed by atoms with van der Waals surface area (Å²) < 4.78 is 1.89. The SMILES string of the molecule is O=C(CN1C(=O)CSc2ccccc21)NCCn1ccnc1. The minimum absolute atomic E-state index is 0.0338. The maximum absolute atomic E-state index is 12.1. The van der Waals surface area contributed by atoms with Gasteiger partial charge in [-0.15, -0.1) is 11.8 Å². The molecule has 2 amide bonds. The van der Waals surface area contributed by atoms with Gasteiger partial charge in [-0.1, -0.05) is 12.1 Å². The van der Waals surface area contributed by atoms with E-state index in [9.17, 15) is 9.59 Å². The minimum atomic E-state index is -0.157. The second-order valence-corrected chi connectivity index (χ2v) is 5.90. The zero-order valence-corrected chi connectivity index (χ0v) is 12.8. The van der Waals surface area contributed by atoms with E-state index in [4.69, 9.17) is 0 Å². The predicted molar refractivity (Wildman–Crippen MR) is 84.8 cm³/mol. The van der Waals surface area contributed by atoms with Crippen molar-refractivity contribution in [3.63, 3.8) is 0 Å². The van der Waals surface area contributed by atoms with Crippen molar-refractivity contribution in [2.45, 2.75) is 11.4 Å². The summed E-state index contributed by atoms with van der Waals surface area (Å²) in [6, 6.07) is 7.65. The number of carbonyl (C=O) groups excluding carboxylic acids is 2. The Morgan fingerprint density at radius 3 is 3.05 bits per heavy atom. The summed E-state index contributed by atoms with van der Waals surface area (Å²) >= 11 is 1.51. The first-order chi connectivity index (χ1) is 10.7. The normalized spacial score (nSPS) is 13.8. The van der Waals surface area contributed by atoms with E-state index in [0.29, 0.717) is 18.8 Å². The fourth-order valence-corrected chi connectivity index (χ4v) is 3.21. The first kappa shape index (κ1) is 14.6. The second-order valence-electron chi connectivity index (χ2n) is 4.89. The van der Waals surface area contributed by atoms with Crippen LogP contribution in [0, 0.1) is 0 Å². The number of nitrogens with one attached hydrogen (secondary N) is 1. The Hall–Kier alpha value is -2.28. The van der Waals surface area contributed by atoms with Gasteiger partial charge >= 0.3 is 0 Å². The third-order valence-electron chi connectivity index (χ3n) is 3.36. The molecule has 7 heteroatoms. The zero-order valence-electron chi connectivity index (χ0n) is 11.9. The van der Waals surface area contributed by atoms with Crippen molar-refractivity contribution in [2.24, 2.45) is 0 Å². The molecule has 0 spiro atoms. The number of carbonyl (C=O) groups is 2. The maximum atomic E-state index is 12.1. The fourth-order valence-electron chi connectivity index (χ4n) is 2.27. The third kappa shape index (κ3) is 3.30. The van der Waals surface area contributed by atoms with Crippen LogP contribution < -0.4 is 10.2 Å². The average molecular weight is 316 g/mol. The van der Waals surface area contributed by atoms with E-state index in [1.165, 1.54) is 11.8 Å². The molecule has 1 aromatic carbocycles. The molecule has 22 heavy (non-hydrogen) atoms. The van der Waals surface area contributed by atoms with Gasteiger partial charge in [0, 0.05) is 30.4 Å². The molecule has 1 N–H and O–H groups in total. The molecule has 0 atom stereocenters. The van der Waals surface area contributed by atoms with Crippen molar-refractivity contribution in [1.29, 1.82) is 0 Å². The highest BCUT2D eigenvalue weighted by Gasteiger charge is 2.25. The fraction of sp³-hybridized carbons (Fsp3) is 0.267. The number of thioether (sulfide) groups is 1. The maximum Gasteiger partial charge on any atom is 0.240 e. The summed E-state index contributed by atoms with van der Waals surface area (Å²) in [6.07, 6.45) is 5.24. The van der Waals surface area contributed by atoms with Crippen LogP contribution >= 0.6 is 11.8 Å². The van der Waals surface area contributed by atoms with Gasteiger partial charge in [0.2, 0.25) is 11.8 Å². The van der Waals surface area contributed by atoms with E-state index < -0.39 is 0 Å². The first-order valence-corrected chi connectivity index (χ1v) is 7.97. The Bertz CT molecular complexity index is 672. The van der Waals surface area contributed by atoms with Crippen LogP contribution in [-0.2, 0) is 16.1 Å². The molecule has 1 aromatic heterocycles. The van der Waals surface area contributed by atoms with Crippen LogP contribution in [-0.4, -0.2) is 40.2 Å². The lowest BCUT2D eigenvalue weighted by molar-refractivity contribution is -0.123. The highest BCUT2D eigenvalue weighted by atomic mass is 32.2. The first-order valence-electron chi connectivity index (χ1n) is 6.98. The molecule has 0 fully saturated rings. The standard InChI is InChI=1S/C15H16N4O2S/c20-14(17-6-8-18-7-5-16-11-18)9-19-12-3-1-2-4-13(12)22-10-15(19)21/h1-5,7,11H,6,8-10H2,(H,17,20). The Kier molecular flexibility index (Phi) is 4.43. The zero-order chi connectivity index (χ0) is 15.4. The second kappa shape index (κ2) is 6.65. The number of benzene rings is 1. The number of aromatic nitrogens is 2. The Labute approximate surface area is 132 Å². The summed E-state index contributed by atoms with van der Waals surface area (Å²) in [5, 5.41) is 2.83. The minimum Gasteiger partial charge on any atom is -0.353 e. The highest BCUT2D eigenvalue weighted by Crippen LogP contribution is 2.34. The molecule has 0 saturated carbocycles. The van der Waals surface area contributed by atoms with Crippen molar-refractivity contribution in [1.82, 2.24) is 14.9 Å². The molecule has 0 aliphatic carbocycles. The van der Waals surface area contributed by atoms with Crippen LogP contribution in [0.15, 0.2) is 47.9 Å². The van der Waals surface area contributed by atoms with Gasteiger partial charge in [0.05, 0.1) is 17.8 Å². The molecule has 2 heterocycles. The molecular formula is C15H16N4O2S. The molecule has 2 aromatic rings. The van der Waals surface area contributed by atoms with Crippen LogP contribution in [0.1, 0.15) is 0 Å². The molecule has 0 radical (unpaired) electrons. The average Bonchev–Trinajstić information content (AvgIpc) is 3.03. The van der Waals surface area contributed by atoms with Gasteiger partial charge in [-0.2, -0.15) is 0 Å². The topological polar surface area (TPSA) is 67.2 Å².